The molecule has 2 aromatic carbocycles. The van der Waals surface area contributed by atoms with Gasteiger partial charge in [-0.2, -0.15) is 5.26 Å². The summed E-state index contributed by atoms with van der Waals surface area (Å²) in [4.78, 5) is 11.0. The highest BCUT2D eigenvalue weighted by atomic mass is 35.5. The zero-order chi connectivity index (χ0) is 16.8. The van der Waals surface area contributed by atoms with Gasteiger partial charge in [-0.15, -0.1) is 0 Å². The zero-order valence-corrected chi connectivity index (χ0v) is 13.4. The van der Waals surface area contributed by atoms with Crippen LogP contribution in [0.4, 0.5) is 0 Å². The normalized spacial score (nSPS) is 10.9. The van der Waals surface area contributed by atoms with Gasteiger partial charge in [0.25, 0.3) is 5.91 Å². The van der Waals surface area contributed by atoms with Gasteiger partial charge in [-0.3, -0.25) is 4.79 Å². The molecule has 0 bridgehead atoms. The van der Waals surface area contributed by atoms with Crippen LogP contribution in [0.1, 0.15) is 11.1 Å². The molecular weight excluding hydrogens is 335 g/mol. The molecule has 0 spiro atoms. The van der Waals surface area contributed by atoms with E-state index in [9.17, 15) is 4.79 Å². The van der Waals surface area contributed by atoms with E-state index in [2.05, 4.69) is 0 Å². The van der Waals surface area contributed by atoms with Gasteiger partial charge in [-0.05, 0) is 41.5 Å². The fraction of sp³-hybridized carbons (Fsp3) is 0.0588. The van der Waals surface area contributed by atoms with E-state index in [0.29, 0.717) is 28.0 Å². The van der Waals surface area contributed by atoms with Crippen LogP contribution in [0.2, 0.25) is 10.0 Å². The van der Waals surface area contributed by atoms with Crippen LogP contribution in [0.15, 0.2) is 48.0 Å². The molecule has 0 saturated heterocycles. The maximum Gasteiger partial charge on any atom is 0.259 e. The Morgan fingerprint density at radius 1 is 1.22 bits per heavy atom. The molecular formula is C17H12Cl2N2O2. The van der Waals surface area contributed by atoms with Gasteiger partial charge in [0, 0.05) is 5.02 Å². The minimum atomic E-state index is -0.785. The van der Waals surface area contributed by atoms with Crippen LogP contribution in [-0.4, -0.2) is 5.91 Å². The van der Waals surface area contributed by atoms with Crippen molar-refractivity contribution in [3.05, 3.63) is 69.2 Å². The number of hydrogen-bond acceptors (Lipinski definition) is 3. The summed E-state index contributed by atoms with van der Waals surface area (Å²) in [6.45, 7) is 0.344. The highest BCUT2D eigenvalue weighted by molar-refractivity contribution is 6.32. The predicted octanol–water partition coefficient (Wildman–Crippen LogP) is 3.96. The Kier molecular flexibility index (Phi) is 5.64. The SMILES string of the molecule is N#CC(=Cc1ccc(OCc2ccc(Cl)cc2)c(Cl)c1)C(N)=O. The number of carbonyl (C=O) groups is 1. The number of nitrogens with zero attached hydrogens (tertiary/aromatic N) is 1. The Bertz CT molecular complexity index is 793. The number of amides is 1. The predicted molar refractivity (Wildman–Crippen MR) is 90.0 cm³/mol. The third-order valence-electron chi connectivity index (χ3n) is 2.96. The first-order valence-corrected chi connectivity index (χ1v) is 7.33. The second-order valence-electron chi connectivity index (χ2n) is 4.64. The van der Waals surface area contributed by atoms with E-state index in [-0.39, 0.29) is 5.57 Å². The second-order valence-corrected chi connectivity index (χ2v) is 5.48. The van der Waals surface area contributed by atoms with Gasteiger partial charge in [-0.1, -0.05) is 41.4 Å². The molecule has 1 amide bonds. The van der Waals surface area contributed by atoms with Gasteiger partial charge in [-0.25, -0.2) is 0 Å². The van der Waals surface area contributed by atoms with Crippen molar-refractivity contribution < 1.29 is 9.53 Å². The number of halogens is 2. The summed E-state index contributed by atoms with van der Waals surface area (Å²) in [5, 5.41) is 9.85. The maximum atomic E-state index is 11.0. The van der Waals surface area contributed by atoms with Gasteiger partial charge < -0.3 is 10.5 Å². The average Bonchev–Trinajstić information content (AvgIpc) is 2.53. The Hall–Kier alpha value is -2.48. The molecule has 4 nitrogen and oxygen atoms in total. The molecule has 0 atom stereocenters. The van der Waals surface area contributed by atoms with E-state index >= 15 is 0 Å². The Morgan fingerprint density at radius 3 is 2.48 bits per heavy atom. The zero-order valence-electron chi connectivity index (χ0n) is 11.9. The molecule has 6 heteroatoms. The number of nitriles is 1. The van der Waals surface area contributed by atoms with Crippen molar-refractivity contribution in [2.24, 2.45) is 5.73 Å². The number of ether oxygens (including phenoxy) is 1. The number of benzene rings is 2. The van der Waals surface area contributed by atoms with E-state index in [1.807, 2.05) is 12.1 Å². The fourth-order valence-corrected chi connectivity index (χ4v) is 2.16. The van der Waals surface area contributed by atoms with Crippen molar-refractivity contribution in [1.29, 1.82) is 5.26 Å². The molecule has 2 aromatic rings. The first-order chi connectivity index (χ1) is 11.0. The molecule has 2 rings (SSSR count). The number of nitrogens with two attached hydrogens (primary N) is 1. The molecule has 0 aliphatic rings. The molecule has 0 heterocycles. The minimum Gasteiger partial charge on any atom is -0.487 e. The van der Waals surface area contributed by atoms with Crippen LogP contribution in [0.25, 0.3) is 6.08 Å². The monoisotopic (exact) mass is 346 g/mol. The second kappa shape index (κ2) is 7.68. The summed E-state index contributed by atoms with van der Waals surface area (Å²) in [5.41, 5.74) is 6.49. The Balaban J connectivity index is 2.12. The smallest absolute Gasteiger partial charge is 0.259 e. The maximum absolute atomic E-state index is 11.0. The van der Waals surface area contributed by atoms with E-state index in [4.69, 9.17) is 38.9 Å². The number of carbonyl (C=O) groups excluding carboxylic acids is 1. The summed E-state index contributed by atoms with van der Waals surface area (Å²) >= 11 is 12.0. The van der Waals surface area contributed by atoms with Crippen molar-refractivity contribution in [2.45, 2.75) is 6.61 Å². The first kappa shape index (κ1) is 16.9. The molecule has 0 unspecified atom stereocenters. The van der Waals surface area contributed by atoms with Gasteiger partial charge in [0.15, 0.2) is 0 Å². The summed E-state index contributed by atoms with van der Waals surface area (Å²) < 4.78 is 5.64. The van der Waals surface area contributed by atoms with Gasteiger partial charge in [0.1, 0.15) is 24.0 Å². The van der Waals surface area contributed by atoms with Crippen LogP contribution < -0.4 is 10.5 Å². The van der Waals surface area contributed by atoms with Crippen molar-refractivity contribution in [3.63, 3.8) is 0 Å². The van der Waals surface area contributed by atoms with E-state index in [1.54, 1.807) is 36.4 Å². The van der Waals surface area contributed by atoms with E-state index in [1.165, 1.54) is 6.08 Å². The van der Waals surface area contributed by atoms with Gasteiger partial charge >= 0.3 is 0 Å². The summed E-state index contributed by atoms with van der Waals surface area (Å²) in [7, 11) is 0. The molecule has 23 heavy (non-hydrogen) atoms. The highest BCUT2D eigenvalue weighted by Gasteiger charge is 2.06. The van der Waals surface area contributed by atoms with Crippen molar-refractivity contribution >= 4 is 35.2 Å². The van der Waals surface area contributed by atoms with Crippen molar-refractivity contribution in [1.82, 2.24) is 0 Å². The topological polar surface area (TPSA) is 76.1 Å². The van der Waals surface area contributed by atoms with Crippen LogP contribution in [-0.2, 0) is 11.4 Å². The molecule has 0 radical (unpaired) electrons. The van der Waals surface area contributed by atoms with Crippen LogP contribution in [0.3, 0.4) is 0 Å². The van der Waals surface area contributed by atoms with E-state index < -0.39 is 5.91 Å². The lowest BCUT2D eigenvalue weighted by atomic mass is 10.1. The molecule has 116 valence electrons. The molecule has 2 N–H and O–H groups in total. The summed E-state index contributed by atoms with van der Waals surface area (Å²) in [6.07, 6.45) is 1.37. The van der Waals surface area contributed by atoms with Gasteiger partial charge in [0.2, 0.25) is 0 Å². The summed E-state index contributed by atoms with van der Waals surface area (Å²) in [5.74, 6) is -0.289. The lowest BCUT2D eigenvalue weighted by Gasteiger charge is -2.09. The molecule has 0 saturated carbocycles. The lowest BCUT2D eigenvalue weighted by Crippen LogP contribution is -2.12. The largest absolute Gasteiger partial charge is 0.487 e. The van der Waals surface area contributed by atoms with E-state index in [0.717, 1.165) is 5.56 Å². The summed E-state index contributed by atoms with van der Waals surface area (Å²) in [6, 6.07) is 14.0. The third-order valence-corrected chi connectivity index (χ3v) is 3.51. The Morgan fingerprint density at radius 2 is 1.91 bits per heavy atom. The standard InChI is InChI=1S/C17H12Cl2N2O2/c18-14-4-1-11(2-5-14)10-23-16-6-3-12(8-15(16)19)7-13(9-20)17(21)22/h1-8H,10H2,(H2,21,22). The van der Waals surface area contributed by atoms with Crippen LogP contribution in [0, 0.1) is 11.3 Å². The first-order valence-electron chi connectivity index (χ1n) is 6.58. The Labute approximate surface area is 143 Å². The molecule has 0 fully saturated rings. The van der Waals surface area contributed by atoms with Crippen LogP contribution in [0.5, 0.6) is 5.75 Å². The lowest BCUT2D eigenvalue weighted by molar-refractivity contribution is -0.114. The number of primary amides is 1. The van der Waals surface area contributed by atoms with Crippen molar-refractivity contribution in [2.75, 3.05) is 0 Å². The number of rotatable bonds is 5. The van der Waals surface area contributed by atoms with Crippen molar-refractivity contribution in [3.8, 4) is 11.8 Å². The fourth-order valence-electron chi connectivity index (χ4n) is 1.79. The quantitative estimate of drug-likeness (QED) is 0.657. The van der Waals surface area contributed by atoms with Gasteiger partial charge in [0.05, 0.1) is 5.02 Å². The van der Waals surface area contributed by atoms with Crippen LogP contribution >= 0.6 is 23.2 Å². The third kappa shape index (κ3) is 4.75. The molecule has 0 aliphatic carbocycles. The minimum absolute atomic E-state index is 0.143. The average molecular weight is 347 g/mol. The molecule has 0 aliphatic heterocycles. The highest BCUT2D eigenvalue weighted by Crippen LogP contribution is 2.27. The number of hydrogen-bond donors (Lipinski definition) is 1. The molecule has 0 aromatic heterocycles.